The fourth-order valence-corrected chi connectivity index (χ4v) is 4.32. The van der Waals surface area contributed by atoms with Crippen molar-refractivity contribution in [1.29, 1.82) is 0 Å². The van der Waals surface area contributed by atoms with Crippen LogP contribution in [0.15, 0.2) is 22.8 Å². The number of nitrogens with one attached hydrogen (secondary N) is 1. The molecule has 0 unspecified atom stereocenters. The molecule has 0 spiro atoms. The van der Waals surface area contributed by atoms with Gasteiger partial charge in [-0.15, -0.1) is 0 Å². The van der Waals surface area contributed by atoms with Crippen molar-refractivity contribution in [1.82, 2.24) is 5.32 Å². The summed E-state index contributed by atoms with van der Waals surface area (Å²) < 4.78 is 11.4. The zero-order valence-corrected chi connectivity index (χ0v) is 20.4. The van der Waals surface area contributed by atoms with E-state index in [1.807, 2.05) is 33.8 Å². The summed E-state index contributed by atoms with van der Waals surface area (Å²) in [5.74, 6) is -1.48. The molecule has 2 atom stereocenters. The predicted octanol–water partition coefficient (Wildman–Crippen LogP) is 4.63. The lowest BCUT2D eigenvalue weighted by atomic mass is 9.72. The van der Waals surface area contributed by atoms with E-state index in [1.54, 1.807) is 20.8 Å². The van der Waals surface area contributed by atoms with Crippen LogP contribution < -0.4 is 5.32 Å². The molecule has 2 rings (SSSR count). The Balaban J connectivity index is 2.65. The van der Waals surface area contributed by atoms with E-state index in [0.717, 1.165) is 31.3 Å². The third kappa shape index (κ3) is 6.94. The van der Waals surface area contributed by atoms with Crippen LogP contribution in [-0.2, 0) is 23.9 Å². The van der Waals surface area contributed by atoms with Crippen molar-refractivity contribution in [3.63, 3.8) is 0 Å². The summed E-state index contributed by atoms with van der Waals surface area (Å²) in [4.78, 5) is 38.6. The third-order valence-corrected chi connectivity index (χ3v) is 5.55. The summed E-state index contributed by atoms with van der Waals surface area (Å²) in [5.41, 5.74) is 0.0275. The number of carbonyl (C=O) groups excluding carboxylic acids is 3. The van der Waals surface area contributed by atoms with Gasteiger partial charge in [-0.3, -0.25) is 4.79 Å². The first-order chi connectivity index (χ1) is 14.2. The zero-order valence-electron chi connectivity index (χ0n) is 20.4. The average Bonchev–Trinajstić information content (AvgIpc) is 2.60. The maximum Gasteiger partial charge on any atom is 0.339 e. The second-order valence-electron chi connectivity index (χ2n) is 10.8. The average molecular weight is 434 g/mol. The van der Waals surface area contributed by atoms with Crippen molar-refractivity contribution in [2.24, 2.45) is 11.8 Å². The normalized spacial score (nSPS) is 23.2. The van der Waals surface area contributed by atoms with Gasteiger partial charge in [-0.05, 0) is 65.9 Å². The number of ether oxygens (including phenoxy) is 2. The summed E-state index contributed by atoms with van der Waals surface area (Å²) in [6.07, 6.45) is 7.17. The molecule has 0 bridgehead atoms. The van der Waals surface area contributed by atoms with E-state index in [9.17, 15) is 14.4 Å². The van der Waals surface area contributed by atoms with E-state index in [1.165, 1.54) is 13.3 Å². The molecular formula is C25H39NO5. The molecule has 1 saturated carbocycles. The first-order valence-electron chi connectivity index (χ1n) is 11.4. The van der Waals surface area contributed by atoms with Crippen LogP contribution in [0.4, 0.5) is 0 Å². The van der Waals surface area contributed by atoms with Crippen LogP contribution in [0.5, 0.6) is 0 Å². The summed E-state index contributed by atoms with van der Waals surface area (Å²) in [6, 6.07) is -0.386. The summed E-state index contributed by atoms with van der Waals surface area (Å²) in [7, 11) is 0. The fraction of sp³-hybridized carbons (Fsp3) is 0.720. The molecule has 1 fully saturated rings. The van der Waals surface area contributed by atoms with Gasteiger partial charge in [0.1, 0.15) is 11.2 Å². The van der Waals surface area contributed by atoms with Crippen LogP contribution >= 0.6 is 0 Å². The van der Waals surface area contributed by atoms with Crippen molar-refractivity contribution in [3.05, 3.63) is 22.8 Å². The fourth-order valence-electron chi connectivity index (χ4n) is 4.32. The van der Waals surface area contributed by atoms with Gasteiger partial charge in [0.2, 0.25) is 5.91 Å². The van der Waals surface area contributed by atoms with E-state index in [4.69, 9.17) is 9.47 Å². The minimum atomic E-state index is -0.710. The zero-order chi connectivity index (χ0) is 23.6. The van der Waals surface area contributed by atoms with E-state index in [0.29, 0.717) is 11.1 Å². The van der Waals surface area contributed by atoms with Gasteiger partial charge >= 0.3 is 11.9 Å². The molecule has 0 saturated heterocycles. The maximum absolute atomic E-state index is 13.4. The smallest absolute Gasteiger partial charge is 0.339 e. The van der Waals surface area contributed by atoms with Gasteiger partial charge in [0.15, 0.2) is 0 Å². The molecule has 174 valence electrons. The van der Waals surface area contributed by atoms with Crippen LogP contribution in [-0.4, -0.2) is 35.1 Å². The summed E-state index contributed by atoms with van der Waals surface area (Å²) in [5, 5.41) is 2.95. The molecule has 2 aliphatic rings. The first-order valence-corrected chi connectivity index (χ1v) is 11.4. The van der Waals surface area contributed by atoms with Gasteiger partial charge in [0.05, 0.1) is 17.2 Å². The first kappa shape index (κ1) is 25.2. The quantitative estimate of drug-likeness (QED) is 0.654. The van der Waals surface area contributed by atoms with Crippen LogP contribution in [0.1, 0.15) is 87.5 Å². The van der Waals surface area contributed by atoms with Crippen LogP contribution in [0.2, 0.25) is 0 Å². The second-order valence-corrected chi connectivity index (χ2v) is 10.8. The van der Waals surface area contributed by atoms with E-state index in [-0.39, 0.29) is 17.9 Å². The molecule has 0 heterocycles. The minimum Gasteiger partial charge on any atom is -0.457 e. The van der Waals surface area contributed by atoms with E-state index < -0.39 is 29.1 Å². The SMILES string of the molecule is CC(=O)N[C@H]1C=C(C2CCCCC2)C(C(=O)OC(C)(C)C)=C(C(=O)OC(C)(C)C)[C@H]1C. The molecule has 0 aromatic rings. The molecule has 1 N–H and O–H groups in total. The molecule has 0 aliphatic heterocycles. The Morgan fingerprint density at radius 3 is 1.90 bits per heavy atom. The number of hydrogen-bond acceptors (Lipinski definition) is 5. The Morgan fingerprint density at radius 1 is 0.903 bits per heavy atom. The Bertz CT molecular complexity index is 773. The molecule has 0 radical (unpaired) electrons. The van der Waals surface area contributed by atoms with Gasteiger partial charge in [-0.25, -0.2) is 9.59 Å². The molecule has 6 heteroatoms. The van der Waals surface area contributed by atoms with E-state index >= 15 is 0 Å². The van der Waals surface area contributed by atoms with Crippen LogP contribution in [0.25, 0.3) is 0 Å². The number of esters is 2. The lowest BCUT2D eigenvalue weighted by Gasteiger charge is -2.36. The number of amides is 1. The highest BCUT2D eigenvalue weighted by Crippen LogP contribution is 2.41. The maximum atomic E-state index is 13.4. The minimum absolute atomic E-state index is 0.150. The van der Waals surface area contributed by atoms with Crippen molar-refractivity contribution in [2.75, 3.05) is 0 Å². The van der Waals surface area contributed by atoms with Gasteiger partial charge in [-0.1, -0.05) is 32.3 Å². The predicted molar refractivity (Wildman–Crippen MR) is 120 cm³/mol. The van der Waals surface area contributed by atoms with Crippen molar-refractivity contribution >= 4 is 17.8 Å². The Hall–Kier alpha value is -2.11. The number of hydrogen-bond donors (Lipinski definition) is 1. The van der Waals surface area contributed by atoms with Crippen molar-refractivity contribution < 1.29 is 23.9 Å². The van der Waals surface area contributed by atoms with Gasteiger partial charge in [-0.2, -0.15) is 0 Å². The highest BCUT2D eigenvalue weighted by Gasteiger charge is 2.41. The topological polar surface area (TPSA) is 81.7 Å². The van der Waals surface area contributed by atoms with Crippen molar-refractivity contribution in [3.8, 4) is 0 Å². The number of carbonyl (C=O) groups is 3. The Kier molecular flexibility index (Phi) is 7.77. The number of rotatable bonds is 4. The molecule has 2 aliphatic carbocycles. The van der Waals surface area contributed by atoms with Gasteiger partial charge < -0.3 is 14.8 Å². The van der Waals surface area contributed by atoms with Crippen LogP contribution in [0.3, 0.4) is 0 Å². The van der Waals surface area contributed by atoms with Gasteiger partial charge in [0.25, 0.3) is 0 Å². The molecule has 1 amide bonds. The Morgan fingerprint density at radius 2 is 1.42 bits per heavy atom. The van der Waals surface area contributed by atoms with Crippen LogP contribution in [0, 0.1) is 11.8 Å². The standard InChI is InChI=1S/C25H39NO5/c1-15-19(26-16(2)27)14-18(17-12-10-9-11-13-17)21(23(29)31-25(6,7)8)20(15)22(28)30-24(3,4)5/h14-15,17,19H,9-13H2,1-8H3,(H,26,27)/t15-,19-/m0/s1. The van der Waals surface area contributed by atoms with Gasteiger partial charge in [0, 0.05) is 12.8 Å². The summed E-state index contributed by atoms with van der Waals surface area (Å²) in [6.45, 7) is 14.2. The summed E-state index contributed by atoms with van der Waals surface area (Å²) >= 11 is 0. The lowest BCUT2D eigenvalue weighted by Crippen LogP contribution is -2.44. The second kappa shape index (κ2) is 9.58. The highest BCUT2D eigenvalue weighted by atomic mass is 16.6. The van der Waals surface area contributed by atoms with E-state index in [2.05, 4.69) is 5.32 Å². The Labute approximate surface area is 186 Å². The molecule has 0 aromatic carbocycles. The third-order valence-electron chi connectivity index (χ3n) is 5.55. The monoisotopic (exact) mass is 433 g/mol. The van der Waals surface area contributed by atoms with Crippen molar-refractivity contribution in [2.45, 2.75) is 105 Å². The molecular weight excluding hydrogens is 394 g/mol. The highest BCUT2D eigenvalue weighted by molar-refractivity contribution is 6.05. The molecule has 0 aromatic heterocycles. The molecule has 6 nitrogen and oxygen atoms in total. The largest absolute Gasteiger partial charge is 0.457 e. The lowest BCUT2D eigenvalue weighted by molar-refractivity contribution is -0.154. The molecule has 31 heavy (non-hydrogen) atoms.